The number of hydrogen-bond acceptors (Lipinski definition) is 5. The van der Waals surface area contributed by atoms with Gasteiger partial charge in [0.2, 0.25) is 0 Å². The number of allylic oxidation sites excluding steroid dienone is 1. The van der Waals surface area contributed by atoms with Gasteiger partial charge in [-0.1, -0.05) is 47.7 Å². The van der Waals surface area contributed by atoms with Crippen molar-refractivity contribution in [2.75, 3.05) is 0 Å². The van der Waals surface area contributed by atoms with E-state index in [0.29, 0.717) is 9.33 Å². The number of aromatic nitrogens is 2. The van der Waals surface area contributed by atoms with Crippen LogP contribution in [0.4, 0.5) is 10.1 Å². The molecule has 2 aliphatic rings. The summed E-state index contributed by atoms with van der Waals surface area (Å²) >= 11 is 1.35. The van der Waals surface area contributed by atoms with Crippen LogP contribution in [0.1, 0.15) is 46.1 Å². The lowest BCUT2D eigenvalue weighted by Crippen LogP contribution is -2.38. The third-order valence-corrected chi connectivity index (χ3v) is 9.12. The Labute approximate surface area is 244 Å². The van der Waals surface area contributed by atoms with E-state index in [2.05, 4.69) is 12.1 Å². The molecule has 1 aliphatic carbocycles. The van der Waals surface area contributed by atoms with E-state index in [1.807, 2.05) is 42.7 Å². The number of thiazole rings is 1. The average molecular weight is 577 g/mol. The van der Waals surface area contributed by atoms with E-state index in [0.717, 1.165) is 57.9 Å². The third-order valence-electron chi connectivity index (χ3n) is 8.13. The molecule has 0 amide bonds. The van der Waals surface area contributed by atoms with Crippen LogP contribution < -0.4 is 14.9 Å². The van der Waals surface area contributed by atoms with Crippen molar-refractivity contribution in [1.29, 1.82) is 0 Å². The summed E-state index contributed by atoms with van der Waals surface area (Å²) < 4.78 is 18.2. The molecular formula is C33H25FN4O3S. The summed E-state index contributed by atoms with van der Waals surface area (Å²) in [5, 5.41) is 11.1. The smallest absolute Gasteiger partial charge is 0.271 e. The quantitative estimate of drug-likeness (QED) is 0.201. The molecule has 208 valence electrons. The molecule has 5 aromatic rings. The van der Waals surface area contributed by atoms with E-state index in [4.69, 9.17) is 4.99 Å². The summed E-state index contributed by atoms with van der Waals surface area (Å²) in [4.78, 5) is 30.4. The predicted molar refractivity (Wildman–Crippen MR) is 161 cm³/mol. The average Bonchev–Trinajstić information content (AvgIpc) is 3.45. The van der Waals surface area contributed by atoms with Crippen LogP contribution in [0, 0.1) is 29.8 Å². The molecule has 1 aliphatic heterocycles. The molecular weight excluding hydrogens is 551 g/mol. The lowest BCUT2D eigenvalue weighted by molar-refractivity contribution is -0.384. The molecule has 3 heterocycles. The zero-order valence-corrected chi connectivity index (χ0v) is 23.7. The molecule has 3 aromatic carbocycles. The summed E-state index contributed by atoms with van der Waals surface area (Å²) in [7, 11) is 0. The standard InChI is InChI=1S/C33H25FN4O3S/c1-19-17-23(20(2)36(19)25-12-14-26(15-13-25)38(40)41)18-29-32(39)37-31(22-7-10-24(34)11-8-22)28-16-9-21-5-3-4-6-27(21)30(28)35-33(37)42-29/h3-8,10-15,17-18,31H,9,16H2,1-2H3/b29-18+/t31-/m1/s1. The highest BCUT2D eigenvalue weighted by atomic mass is 32.1. The van der Waals surface area contributed by atoms with Gasteiger partial charge in [-0.05, 0) is 85.4 Å². The molecule has 0 unspecified atom stereocenters. The van der Waals surface area contributed by atoms with Crippen molar-refractivity contribution >= 4 is 28.8 Å². The molecule has 0 saturated heterocycles. The maximum Gasteiger partial charge on any atom is 0.271 e. The van der Waals surface area contributed by atoms with Crippen LogP contribution in [0.2, 0.25) is 0 Å². The lowest BCUT2D eigenvalue weighted by atomic mass is 9.83. The van der Waals surface area contributed by atoms with E-state index < -0.39 is 4.92 Å². The van der Waals surface area contributed by atoms with Crippen LogP contribution in [0.25, 0.3) is 17.5 Å². The number of nitro benzene ring substituents is 1. The second-order valence-corrected chi connectivity index (χ2v) is 11.6. The van der Waals surface area contributed by atoms with Crippen LogP contribution in [0.15, 0.2) is 94.2 Å². The zero-order valence-electron chi connectivity index (χ0n) is 22.9. The van der Waals surface area contributed by atoms with Crippen LogP contribution in [-0.2, 0) is 6.42 Å². The molecule has 42 heavy (non-hydrogen) atoms. The summed E-state index contributed by atoms with van der Waals surface area (Å²) in [6.07, 6.45) is 3.51. The van der Waals surface area contributed by atoms with Gasteiger partial charge in [0.25, 0.3) is 11.2 Å². The zero-order chi connectivity index (χ0) is 29.1. The van der Waals surface area contributed by atoms with E-state index in [-0.39, 0.29) is 23.1 Å². The van der Waals surface area contributed by atoms with Crippen molar-refractivity contribution in [3.05, 3.63) is 154 Å². The Morgan fingerprint density at radius 3 is 2.50 bits per heavy atom. The highest BCUT2D eigenvalue weighted by Crippen LogP contribution is 2.41. The fraction of sp³-hybridized carbons (Fsp3) is 0.152. The number of hydrogen-bond donors (Lipinski definition) is 0. The summed E-state index contributed by atoms with van der Waals surface area (Å²) in [6.45, 7) is 3.93. The Balaban J connectivity index is 1.40. The maximum absolute atomic E-state index is 14.1. The number of halogens is 1. The molecule has 0 N–H and O–H groups in total. The van der Waals surface area contributed by atoms with Crippen LogP contribution in [0.3, 0.4) is 0 Å². The number of benzene rings is 3. The predicted octanol–water partition coefficient (Wildman–Crippen LogP) is 5.77. The number of aryl methyl sites for hydroxylation is 2. The molecule has 0 saturated carbocycles. The van der Waals surface area contributed by atoms with Crippen LogP contribution >= 0.6 is 11.3 Å². The first-order valence-electron chi connectivity index (χ1n) is 13.6. The van der Waals surface area contributed by atoms with Gasteiger partial charge in [-0.15, -0.1) is 0 Å². The Morgan fingerprint density at radius 1 is 1.02 bits per heavy atom. The molecule has 2 aromatic heterocycles. The van der Waals surface area contributed by atoms with E-state index in [9.17, 15) is 19.3 Å². The van der Waals surface area contributed by atoms with Gasteiger partial charge in [0.1, 0.15) is 5.82 Å². The summed E-state index contributed by atoms with van der Waals surface area (Å²) in [5.74, 6) is -0.322. The summed E-state index contributed by atoms with van der Waals surface area (Å²) in [5.41, 5.74) is 8.55. The number of fused-ring (bicyclic) bond motifs is 3. The van der Waals surface area contributed by atoms with Gasteiger partial charge in [-0.2, -0.15) is 0 Å². The van der Waals surface area contributed by atoms with Crippen molar-refractivity contribution in [2.24, 2.45) is 4.99 Å². The Kier molecular flexibility index (Phi) is 6.13. The fourth-order valence-electron chi connectivity index (χ4n) is 6.16. The highest BCUT2D eigenvalue weighted by molar-refractivity contribution is 7.07. The van der Waals surface area contributed by atoms with Crippen molar-refractivity contribution in [3.63, 3.8) is 0 Å². The molecule has 0 bridgehead atoms. The van der Waals surface area contributed by atoms with Gasteiger partial charge >= 0.3 is 0 Å². The molecule has 7 rings (SSSR count). The van der Waals surface area contributed by atoms with Gasteiger partial charge in [0, 0.05) is 34.8 Å². The van der Waals surface area contributed by atoms with Crippen LogP contribution in [0.5, 0.6) is 0 Å². The number of non-ortho nitro benzene ring substituents is 1. The SMILES string of the molecule is Cc1cc(/C=c2/sc3n(c2=O)[C@H](c2ccc(F)cc2)C2=C(N=3)c3ccccc3CC2)c(C)n1-c1ccc([N+](=O)[O-])cc1. The monoisotopic (exact) mass is 576 g/mol. The highest BCUT2D eigenvalue weighted by Gasteiger charge is 2.32. The van der Waals surface area contributed by atoms with Gasteiger partial charge in [0.15, 0.2) is 4.80 Å². The second-order valence-electron chi connectivity index (χ2n) is 10.6. The van der Waals surface area contributed by atoms with Gasteiger partial charge in [-0.3, -0.25) is 19.5 Å². The Hall–Kier alpha value is -4.89. The number of nitrogens with zero attached hydrogens (tertiary/aromatic N) is 4. The first-order valence-corrected chi connectivity index (χ1v) is 14.4. The molecule has 0 radical (unpaired) electrons. The largest absolute Gasteiger partial charge is 0.318 e. The molecule has 9 heteroatoms. The number of rotatable bonds is 4. The second kappa shape index (κ2) is 9.88. The van der Waals surface area contributed by atoms with Crippen LogP contribution in [-0.4, -0.2) is 14.1 Å². The molecule has 0 fully saturated rings. The van der Waals surface area contributed by atoms with Gasteiger partial charge in [-0.25, -0.2) is 9.38 Å². The molecule has 1 atom stereocenters. The van der Waals surface area contributed by atoms with Crippen molar-refractivity contribution in [3.8, 4) is 5.69 Å². The maximum atomic E-state index is 14.1. The minimum atomic E-state index is -0.417. The van der Waals surface area contributed by atoms with E-state index in [1.54, 1.807) is 28.8 Å². The topological polar surface area (TPSA) is 82.4 Å². The summed E-state index contributed by atoms with van der Waals surface area (Å²) in [6, 6.07) is 22.7. The minimum absolute atomic E-state index is 0.0311. The van der Waals surface area contributed by atoms with Gasteiger partial charge in [0.05, 0.1) is 21.2 Å². The van der Waals surface area contributed by atoms with Crippen molar-refractivity contribution in [1.82, 2.24) is 9.13 Å². The van der Waals surface area contributed by atoms with Gasteiger partial charge < -0.3 is 4.57 Å². The van der Waals surface area contributed by atoms with E-state index in [1.165, 1.54) is 41.2 Å². The first kappa shape index (κ1) is 26.0. The fourth-order valence-corrected chi connectivity index (χ4v) is 7.16. The third kappa shape index (κ3) is 4.16. The Morgan fingerprint density at radius 2 is 1.76 bits per heavy atom. The normalized spacial score (nSPS) is 16.1. The Bertz CT molecular complexity index is 2120. The lowest BCUT2D eigenvalue weighted by Gasteiger charge is -2.30. The van der Waals surface area contributed by atoms with Crippen molar-refractivity contribution < 1.29 is 9.31 Å². The first-order chi connectivity index (χ1) is 20.3. The number of nitro groups is 1. The minimum Gasteiger partial charge on any atom is -0.318 e. The molecule has 0 spiro atoms. The van der Waals surface area contributed by atoms with Crippen molar-refractivity contribution in [2.45, 2.75) is 32.7 Å². The molecule has 7 nitrogen and oxygen atoms in total. The van der Waals surface area contributed by atoms with E-state index >= 15 is 0 Å².